The summed E-state index contributed by atoms with van der Waals surface area (Å²) in [6, 6.07) is 9.96. The predicted octanol–water partition coefficient (Wildman–Crippen LogP) is 6.04. The quantitative estimate of drug-likeness (QED) is 0.473. The Morgan fingerprint density at radius 2 is 1.70 bits per heavy atom. The number of hydrogen-bond acceptors (Lipinski definition) is 5. The molecule has 33 heavy (non-hydrogen) atoms. The lowest BCUT2D eigenvalue weighted by Gasteiger charge is -2.21. The van der Waals surface area contributed by atoms with Crippen molar-refractivity contribution in [3.8, 4) is 11.5 Å². The van der Waals surface area contributed by atoms with E-state index in [1.165, 1.54) is 25.3 Å². The predicted molar refractivity (Wildman–Crippen MR) is 117 cm³/mol. The summed E-state index contributed by atoms with van der Waals surface area (Å²) in [6.45, 7) is 7.30. The molecule has 0 fully saturated rings. The van der Waals surface area contributed by atoms with Crippen LogP contribution >= 0.6 is 0 Å². The summed E-state index contributed by atoms with van der Waals surface area (Å²) in [5, 5.41) is 2.69. The maximum atomic E-state index is 13.0. The molecule has 9 heteroatoms. The standard InChI is InChI=1S/C24H22F3N3O3/c1-14(31)19-12-16(9-10-28-19)30-22(32)18-7-5-15(23(2,3)4)11-20(18)33-17-6-8-21(29-13-17)24(25,26)27/h5-13H,1-4H3,(H,28,30,32). The fraction of sp³-hybridized carbons (Fsp3) is 0.250. The molecule has 0 spiro atoms. The molecular formula is C24H22F3N3O3. The molecule has 2 aromatic heterocycles. The van der Waals surface area contributed by atoms with E-state index in [0.717, 1.165) is 23.9 Å². The molecule has 2 heterocycles. The smallest absolute Gasteiger partial charge is 0.433 e. The van der Waals surface area contributed by atoms with E-state index in [4.69, 9.17) is 4.74 Å². The first-order valence-corrected chi connectivity index (χ1v) is 9.98. The third-order valence-corrected chi connectivity index (χ3v) is 4.73. The number of rotatable bonds is 5. The van der Waals surface area contributed by atoms with E-state index in [-0.39, 0.29) is 34.0 Å². The molecule has 6 nitrogen and oxygen atoms in total. The average molecular weight is 457 g/mol. The van der Waals surface area contributed by atoms with Gasteiger partial charge in [-0.15, -0.1) is 0 Å². The van der Waals surface area contributed by atoms with E-state index in [0.29, 0.717) is 5.69 Å². The van der Waals surface area contributed by atoms with Crippen LogP contribution in [0, 0.1) is 0 Å². The van der Waals surface area contributed by atoms with Crippen molar-refractivity contribution in [1.29, 1.82) is 0 Å². The lowest BCUT2D eigenvalue weighted by molar-refractivity contribution is -0.141. The maximum Gasteiger partial charge on any atom is 0.433 e. The van der Waals surface area contributed by atoms with E-state index >= 15 is 0 Å². The van der Waals surface area contributed by atoms with Crippen molar-refractivity contribution in [2.75, 3.05) is 5.32 Å². The van der Waals surface area contributed by atoms with Gasteiger partial charge in [-0.1, -0.05) is 26.8 Å². The summed E-state index contributed by atoms with van der Waals surface area (Å²) in [5.74, 6) is -0.571. The van der Waals surface area contributed by atoms with Gasteiger partial charge in [-0.25, -0.2) is 4.98 Å². The number of Topliss-reactive ketones (excluding diaryl/α,β-unsaturated/α-hetero) is 1. The fourth-order valence-electron chi connectivity index (χ4n) is 2.90. The van der Waals surface area contributed by atoms with Crippen molar-refractivity contribution in [1.82, 2.24) is 9.97 Å². The highest BCUT2D eigenvalue weighted by atomic mass is 19.4. The average Bonchev–Trinajstić information content (AvgIpc) is 2.73. The van der Waals surface area contributed by atoms with Crippen LogP contribution in [0.5, 0.6) is 11.5 Å². The second-order valence-electron chi connectivity index (χ2n) is 8.38. The molecule has 0 aliphatic rings. The van der Waals surface area contributed by atoms with Crippen LogP contribution in [0.15, 0.2) is 54.9 Å². The largest absolute Gasteiger partial charge is 0.455 e. The molecule has 0 aliphatic heterocycles. The first-order valence-electron chi connectivity index (χ1n) is 9.98. The van der Waals surface area contributed by atoms with Gasteiger partial charge in [0.05, 0.1) is 11.8 Å². The Balaban J connectivity index is 1.95. The van der Waals surface area contributed by atoms with E-state index in [9.17, 15) is 22.8 Å². The second-order valence-corrected chi connectivity index (χ2v) is 8.38. The van der Waals surface area contributed by atoms with Gasteiger partial charge in [0.1, 0.15) is 22.9 Å². The Labute approximate surface area is 188 Å². The summed E-state index contributed by atoms with van der Waals surface area (Å²) in [7, 11) is 0. The molecule has 0 atom stereocenters. The lowest BCUT2D eigenvalue weighted by Crippen LogP contribution is -2.16. The van der Waals surface area contributed by atoms with Crippen LogP contribution < -0.4 is 10.1 Å². The second kappa shape index (κ2) is 9.01. The number of nitrogens with one attached hydrogen (secondary N) is 1. The number of benzene rings is 1. The van der Waals surface area contributed by atoms with Crippen molar-refractivity contribution >= 4 is 17.4 Å². The number of pyridine rings is 2. The number of carbonyl (C=O) groups is 2. The van der Waals surface area contributed by atoms with Gasteiger partial charge in [-0.05, 0) is 47.4 Å². The molecule has 0 aliphatic carbocycles. The third kappa shape index (κ3) is 5.94. The molecule has 1 aromatic carbocycles. The van der Waals surface area contributed by atoms with Gasteiger partial charge in [0.2, 0.25) is 0 Å². The molecule has 1 amide bonds. The zero-order chi connectivity index (χ0) is 24.4. The van der Waals surface area contributed by atoms with E-state index < -0.39 is 17.8 Å². The minimum absolute atomic E-state index is 0.0471. The van der Waals surface area contributed by atoms with E-state index in [2.05, 4.69) is 15.3 Å². The number of aromatic nitrogens is 2. The monoisotopic (exact) mass is 457 g/mol. The third-order valence-electron chi connectivity index (χ3n) is 4.73. The Kier molecular flexibility index (Phi) is 6.53. The van der Waals surface area contributed by atoms with Crippen LogP contribution in [-0.2, 0) is 11.6 Å². The summed E-state index contributed by atoms with van der Waals surface area (Å²) in [6.07, 6.45) is -2.21. The van der Waals surface area contributed by atoms with E-state index in [1.807, 2.05) is 20.8 Å². The van der Waals surface area contributed by atoms with Crippen molar-refractivity contribution in [3.63, 3.8) is 0 Å². The van der Waals surface area contributed by atoms with Crippen molar-refractivity contribution in [2.24, 2.45) is 0 Å². The highest BCUT2D eigenvalue weighted by Crippen LogP contribution is 2.33. The molecule has 0 saturated heterocycles. The Hall–Kier alpha value is -3.75. The van der Waals surface area contributed by atoms with Crippen LogP contribution in [0.4, 0.5) is 18.9 Å². The SMILES string of the molecule is CC(=O)c1cc(NC(=O)c2ccc(C(C)(C)C)cc2Oc2ccc(C(F)(F)F)nc2)ccn1. The number of ether oxygens (including phenoxy) is 1. The Bertz CT molecular complexity index is 1180. The number of carbonyl (C=O) groups excluding carboxylic acids is 2. The van der Waals surface area contributed by atoms with Gasteiger partial charge in [0.15, 0.2) is 5.78 Å². The minimum atomic E-state index is -4.57. The van der Waals surface area contributed by atoms with Gasteiger partial charge >= 0.3 is 6.18 Å². The molecule has 3 aromatic rings. The van der Waals surface area contributed by atoms with Crippen molar-refractivity contribution in [2.45, 2.75) is 39.3 Å². The van der Waals surface area contributed by atoms with Crippen LogP contribution in [0.2, 0.25) is 0 Å². The number of hydrogen-bond donors (Lipinski definition) is 1. The van der Waals surface area contributed by atoms with Gasteiger partial charge in [0, 0.05) is 18.8 Å². The first kappa shape index (κ1) is 23.9. The van der Waals surface area contributed by atoms with Crippen molar-refractivity contribution in [3.05, 3.63) is 77.4 Å². The van der Waals surface area contributed by atoms with Gasteiger partial charge < -0.3 is 10.1 Å². The molecule has 3 rings (SSSR count). The fourth-order valence-corrected chi connectivity index (χ4v) is 2.90. The number of amides is 1. The van der Waals surface area contributed by atoms with Gasteiger partial charge in [-0.2, -0.15) is 13.2 Å². The highest BCUT2D eigenvalue weighted by Gasteiger charge is 2.32. The summed E-state index contributed by atoms with van der Waals surface area (Å²) >= 11 is 0. The highest BCUT2D eigenvalue weighted by molar-refractivity contribution is 6.06. The van der Waals surface area contributed by atoms with E-state index in [1.54, 1.807) is 18.2 Å². The topological polar surface area (TPSA) is 81.2 Å². The molecule has 172 valence electrons. The van der Waals surface area contributed by atoms with Crippen LogP contribution in [-0.4, -0.2) is 21.7 Å². The summed E-state index contributed by atoms with van der Waals surface area (Å²) in [5.41, 5.74) is 0.258. The Morgan fingerprint density at radius 3 is 2.27 bits per heavy atom. The number of alkyl halides is 3. The number of anilines is 1. The molecule has 1 N–H and O–H groups in total. The molecular weight excluding hydrogens is 435 g/mol. The van der Waals surface area contributed by atoms with Gasteiger partial charge in [-0.3, -0.25) is 14.6 Å². The molecule has 0 saturated carbocycles. The lowest BCUT2D eigenvalue weighted by atomic mass is 9.86. The normalized spacial score (nSPS) is 11.7. The minimum Gasteiger partial charge on any atom is -0.455 e. The summed E-state index contributed by atoms with van der Waals surface area (Å²) in [4.78, 5) is 31.9. The number of nitrogens with zero attached hydrogens (tertiary/aromatic N) is 2. The van der Waals surface area contributed by atoms with Crippen LogP contribution in [0.3, 0.4) is 0 Å². The first-order chi connectivity index (χ1) is 15.3. The zero-order valence-electron chi connectivity index (χ0n) is 18.4. The number of halogens is 3. The molecule has 0 radical (unpaired) electrons. The summed E-state index contributed by atoms with van der Waals surface area (Å²) < 4.78 is 44.2. The zero-order valence-corrected chi connectivity index (χ0v) is 18.4. The number of ketones is 1. The maximum absolute atomic E-state index is 13.0. The van der Waals surface area contributed by atoms with Crippen LogP contribution in [0.1, 0.15) is 59.8 Å². The Morgan fingerprint density at radius 1 is 0.970 bits per heavy atom. The van der Waals surface area contributed by atoms with Crippen LogP contribution in [0.25, 0.3) is 0 Å². The van der Waals surface area contributed by atoms with Crippen molar-refractivity contribution < 1.29 is 27.5 Å². The molecule has 0 bridgehead atoms. The molecule has 0 unspecified atom stereocenters. The van der Waals surface area contributed by atoms with Gasteiger partial charge in [0.25, 0.3) is 5.91 Å².